The topological polar surface area (TPSA) is 124 Å². The zero-order chi connectivity index (χ0) is 26.3. The van der Waals surface area contributed by atoms with Crippen LogP contribution in [0.2, 0.25) is 0 Å². The molecule has 0 amide bonds. The number of rotatable bonds is 8. The van der Waals surface area contributed by atoms with Crippen LogP contribution in [0, 0.1) is 28.6 Å². The molecule has 5 unspecified atom stereocenters. The highest BCUT2D eigenvalue weighted by Crippen LogP contribution is 2.74. The van der Waals surface area contributed by atoms with Crippen LogP contribution in [0.25, 0.3) is 0 Å². The first-order valence-electron chi connectivity index (χ1n) is 12.1. The second-order valence-electron chi connectivity index (χ2n) is 12.0. The van der Waals surface area contributed by atoms with Crippen LogP contribution in [0.3, 0.4) is 0 Å². The Bertz CT molecular complexity index is 973. The lowest BCUT2D eigenvalue weighted by Gasteiger charge is -2.70. The number of alkyl halides is 4. The molecule has 0 heterocycles. The fraction of sp³-hybridized carbons (Fsp3) is 0.957. The third kappa shape index (κ3) is 3.92. The molecule has 7 nitrogen and oxygen atoms in total. The summed E-state index contributed by atoms with van der Waals surface area (Å²) in [7, 11) is -6.63. The van der Waals surface area contributed by atoms with Gasteiger partial charge in [0.1, 0.15) is 0 Å². The summed E-state index contributed by atoms with van der Waals surface area (Å²) in [6, 6.07) is 0. The van der Waals surface area contributed by atoms with Gasteiger partial charge in [-0.25, -0.2) is 8.42 Å². The predicted octanol–water partition coefficient (Wildman–Crippen LogP) is 3.58. The van der Waals surface area contributed by atoms with Crippen LogP contribution in [0.4, 0.5) is 17.6 Å². The molecule has 0 aromatic heterocycles. The highest BCUT2D eigenvalue weighted by molar-refractivity contribution is 7.86. The summed E-state index contributed by atoms with van der Waals surface area (Å²) in [6.07, 6.45) is 3.41. The minimum Gasteiger partial charge on any atom is -0.743 e. The van der Waals surface area contributed by atoms with E-state index in [1.165, 1.54) is 0 Å². The molecule has 5 aliphatic carbocycles. The Balaban J connectivity index is 1.59. The Kier molecular flexibility index (Phi) is 6.19. The van der Waals surface area contributed by atoms with E-state index in [0.29, 0.717) is 38.5 Å². The fourth-order valence-electron chi connectivity index (χ4n) is 8.10. The molecule has 12 heteroatoms. The van der Waals surface area contributed by atoms with E-state index < -0.39 is 68.2 Å². The lowest BCUT2D eigenvalue weighted by atomic mass is 9.35. The van der Waals surface area contributed by atoms with Gasteiger partial charge in [0.15, 0.2) is 10.1 Å². The van der Waals surface area contributed by atoms with Gasteiger partial charge < -0.3 is 19.5 Å². The van der Waals surface area contributed by atoms with E-state index in [9.17, 15) is 45.5 Å². The van der Waals surface area contributed by atoms with Crippen LogP contribution in [-0.4, -0.2) is 58.1 Å². The van der Waals surface area contributed by atoms with E-state index in [1.54, 1.807) is 13.8 Å². The monoisotopic (exact) mass is 529 g/mol. The molecule has 0 spiro atoms. The van der Waals surface area contributed by atoms with Crippen LogP contribution in [0.1, 0.15) is 78.1 Å². The average Bonchev–Trinajstić information content (AvgIpc) is 3.13. The minimum absolute atomic E-state index is 0.174. The second kappa shape index (κ2) is 8.01. The highest BCUT2D eigenvalue weighted by Gasteiger charge is 2.73. The number of ether oxygens (including phenoxy) is 1. The van der Waals surface area contributed by atoms with E-state index in [0.717, 1.165) is 19.3 Å². The molecule has 5 aliphatic rings. The highest BCUT2D eigenvalue weighted by atomic mass is 32.2. The van der Waals surface area contributed by atoms with E-state index in [1.807, 2.05) is 0 Å². The van der Waals surface area contributed by atoms with Crippen molar-refractivity contribution in [1.82, 2.24) is 0 Å². The van der Waals surface area contributed by atoms with E-state index in [4.69, 9.17) is 4.74 Å². The summed E-state index contributed by atoms with van der Waals surface area (Å²) in [5, 5.41) is 17.1. The number of aliphatic hydroxyl groups is 2. The van der Waals surface area contributed by atoms with Gasteiger partial charge in [-0.3, -0.25) is 4.79 Å². The molecule has 202 valence electrons. The van der Waals surface area contributed by atoms with Gasteiger partial charge in [0.25, 0.3) is 0 Å². The van der Waals surface area contributed by atoms with Gasteiger partial charge in [-0.2, -0.15) is 17.6 Å². The molecule has 5 rings (SSSR count). The molecule has 0 aliphatic heterocycles. The molecule has 0 saturated heterocycles. The number of carbonyl (C=O) groups is 1. The lowest BCUT2D eigenvalue weighted by Crippen LogP contribution is -2.70. The van der Waals surface area contributed by atoms with Gasteiger partial charge in [-0.1, -0.05) is 12.8 Å². The predicted molar refractivity (Wildman–Crippen MR) is 113 cm³/mol. The van der Waals surface area contributed by atoms with Crippen molar-refractivity contribution in [1.29, 1.82) is 0 Å². The number of carbonyl (C=O) groups excluding carboxylic acids is 1. The molecular weight excluding hydrogens is 496 g/mol. The van der Waals surface area contributed by atoms with Crippen molar-refractivity contribution in [2.24, 2.45) is 28.6 Å². The van der Waals surface area contributed by atoms with Crippen molar-refractivity contribution in [3.05, 3.63) is 0 Å². The maximum Gasteiger partial charge on any atom is 0.396 e. The Morgan fingerprint density at radius 3 is 2.26 bits per heavy atom. The fourth-order valence-corrected chi connectivity index (χ4v) is 8.57. The number of hydrogen-bond acceptors (Lipinski definition) is 7. The molecule has 2 N–H and O–H groups in total. The lowest BCUT2D eigenvalue weighted by molar-refractivity contribution is -0.272. The third-order valence-corrected chi connectivity index (χ3v) is 10.6. The molecule has 0 aromatic rings. The van der Waals surface area contributed by atoms with Crippen molar-refractivity contribution < 1.29 is 50.3 Å². The largest absolute Gasteiger partial charge is 0.743 e. The molecule has 5 fully saturated rings. The third-order valence-electron chi connectivity index (χ3n) is 9.65. The van der Waals surface area contributed by atoms with Gasteiger partial charge in [-0.05, 0) is 76.0 Å². The van der Waals surface area contributed by atoms with Gasteiger partial charge in [0.2, 0.25) is 0 Å². The zero-order valence-corrected chi connectivity index (χ0v) is 20.7. The number of esters is 1. The van der Waals surface area contributed by atoms with Gasteiger partial charge in [-0.15, -0.1) is 0 Å². The molecular formula is C23H33F4O7S-. The molecule has 0 aromatic carbocycles. The van der Waals surface area contributed by atoms with E-state index >= 15 is 0 Å². The maximum atomic E-state index is 13.9. The molecule has 5 saturated carbocycles. The van der Waals surface area contributed by atoms with Crippen molar-refractivity contribution in [3.8, 4) is 0 Å². The van der Waals surface area contributed by atoms with Gasteiger partial charge in [0, 0.05) is 5.41 Å². The maximum absolute atomic E-state index is 13.9. The SMILES string of the molecule is CC(C)(O)C12CC3CC(C1)C(C(=O)OCCC(F)(F)C(F)(F)S(=O)(=O)[O-])C(C1(O)CCCC1)(C3)C2. The van der Waals surface area contributed by atoms with E-state index in [-0.39, 0.29) is 11.8 Å². The summed E-state index contributed by atoms with van der Waals surface area (Å²) in [5.41, 5.74) is -3.73. The van der Waals surface area contributed by atoms with Crippen LogP contribution < -0.4 is 0 Å². The Hall–Kier alpha value is -0.980. The minimum atomic E-state index is -6.63. The summed E-state index contributed by atoms with van der Waals surface area (Å²) < 4.78 is 91.5. The number of halogens is 4. The summed E-state index contributed by atoms with van der Waals surface area (Å²) in [5.74, 6) is -7.06. The summed E-state index contributed by atoms with van der Waals surface area (Å²) in [4.78, 5) is 13.3. The standard InChI is InChI=1S/C23H34F4O7S/c1-18(2,29)19-10-14-9-15(12-19)16(20(11-14,13-19)21(30)5-3-4-6-21)17(28)34-8-7-22(24,25)23(26,27)35(31,32)33/h14-16,29-30H,3-13H2,1-2H3,(H,31,32,33)/p-1. The molecule has 4 bridgehead atoms. The van der Waals surface area contributed by atoms with Crippen LogP contribution in [0.5, 0.6) is 0 Å². The molecule has 35 heavy (non-hydrogen) atoms. The Morgan fingerprint density at radius 2 is 1.71 bits per heavy atom. The average molecular weight is 530 g/mol. The van der Waals surface area contributed by atoms with Crippen LogP contribution in [0.15, 0.2) is 0 Å². The normalized spacial score (nSPS) is 37.0. The zero-order valence-electron chi connectivity index (χ0n) is 19.9. The van der Waals surface area contributed by atoms with Crippen molar-refractivity contribution >= 4 is 16.1 Å². The first kappa shape index (κ1) is 27.1. The first-order chi connectivity index (χ1) is 15.8. The smallest absolute Gasteiger partial charge is 0.396 e. The Morgan fingerprint density at radius 1 is 1.11 bits per heavy atom. The van der Waals surface area contributed by atoms with Crippen LogP contribution in [-0.2, 0) is 19.6 Å². The van der Waals surface area contributed by atoms with E-state index in [2.05, 4.69) is 0 Å². The Labute approximate surface area is 202 Å². The van der Waals surface area contributed by atoms with Gasteiger partial charge >= 0.3 is 17.1 Å². The molecule has 0 radical (unpaired) electrons. The van der Waals surface area contributed by atoms with Crippen molar-refractivity contribution in [2.75, 3.05) is 6.61 Å². The number of hydrogen-bond donors (Lipinski definition) is 2. The summed E-state index contributed by atoms with van der Waals surface area (Å²) >= 11 is 0. The van der Waals surface area contributed by atoms with Crippen molar-refractivity contribution in [3.63, 3.8) is 0 Å². The second-order valence-corrected chi connectivity index (χ2v) is 13.4. The molecule has 5 atom stereocenters. The van der Waals surface area contributed by atoms with Gasteiger partial charge in [0.05, 0.1) is 30.1 Å². The summed E-state index contributed by atoms with van der Waals surface area (Å²) in [6.45, 7) is 2.26. The van der Waals surface area contributed by atoms with Crippen molar-refractivity contribution in [2.45, 2.75) is 100 Å². The van der Waals surface area contributed by atoms with Crippen LogP contribution >= 0.6 is 0 Å². The first-order valence-corrected chi connectivity index (χ1v) is 13.5. The quantitative estimate of drug-likeness (QED) is 0.280.